The topological polar surface area (TPSA) is 3.24 Å². The van der Waals surface area contributed by atoms with E-state index in [0.717, 1.165) is 31.3 Å². The van der Waals surface area contributed by atoms with Crippen LogP contribution in [0.25, 0.3) is 0 Å². The van der Waals surface area contributed by atoms with E-state index in [1.54, 1.807) is 12.1 Å². The fourth-order valence-corrected chi connectivity index (χ4v) is 3.24. The third-order valence-electron chi connectivity index (χ3n) is 3.55. The maximum Gasteiger partial charge on any atom is 0.163 e. The molecule has 1 saturated heterocycles. The summed E-state index contributed by atoms with van der Waals surface area (Å²) in [6, 6.07) is 4.42. The van der Waals surface area contributed by atoms with E-state index in [1.165, 1.54) is 12.5 Å². The van der Waals surface area contributed by atoms with Crippen LogP contribution in [0.3, 0.4) is 0 Å². The Labute approximate surface area is 115 Å². The number of nitrogens with zero attached hydrogens (tertiary/aromatic N) is 1. The van der Waals surface area contributed by atoms with Crippen LogP contribution in [-0.2, 0) is 6.54 Å². The van der Waals surface area contributed by atoms with Gasteiger partial charge in [-0.15, -0.1) is 0 Å². The van der Waals surface area contributed by atoms with Gasteiger partial charge < -0.3 is 0 Å². The lowest BCUT2D eigenvalue weighted by Gasteiger charge is -2.32. The highest BCUT2D eigenvalue weighted by Gasteiger charge is 2.20. The molecule has 0 radical (unpaired) electrons. The van der Waals surface area contributed by atoms with Crippen molar-refractivity contribution in [1.29, 1.82) is 0 Å². The average molecular weight is 318 g/mol. The SMILES string of the molecule is Fc1cccc(CN2CCCC(CCBr)C2)c1F. The number of rotatable bonds is 4. The minimum absolute atomic E-state index is 0.467. The molecule has 0 aliphatic carbocycles. The van der Waals surface area contributed by atoms with E-state index in [9.17, 15) is 8.78 Å². The Bertz CT molecular complexity index is 395. The number of benzene rings is 1. The zero-order chi connectivity index (χ0) is 13.0. The van der Waals surface area contributed by atoms with Gasteiger partial charge in [-0.25, -0.2) is 8.78 Å². The molecular weight excluding hydrogens is 300 g/mol. The van der Waals surface area contributed by atoms with E-state index in [2.05, 4.69) is 20.8 Å². The first kappa shape index (κ1) is 13.9. The second-order valence-corrected chi connectivity index (χ2v) is 5.73. The molecule has 0 aromatic heterocycles. The molecule has 1 aromatic carbocycles. The summed E-state index contributed by atoms with van der Waals surface area (Å²) in [5, 5.41) is 1.01. The number of halogens is 3. The van der Waals surface area contributed by atoms with Crippen molar-refractivity contribution in [2.24, 2.45) is 5.92 Å². The van der Waals surface area contributed by atoms with Crippen LogP contribution in [0.1, 0.15) is 24.8 Å². The third kappa shape index (κ3) is 3.51. The lowest BCUT2D eigenvalue weighted by molar-refractivity contribution is 0.163. The van der Waals surface area contributed by atoms with Gasteiger partial charge in [-0.1, -0.05) is 28.1 Å². The van der Waals surface area contributed by atoms with E-state index in [1.807, 2.05) is 0 Å². The minimum atomic E-state index is -0.749. The summed E-state index contributed by atoms with van der Waals surface area (Å²) in [7, 11) is 0. The molecule has 0 bridgehead atoms. The molecule has 4 heteroatoms. The maximum absolute atomic E-state index is 13.6. The highest BCUT2D eigenvalue weighted by molar-refractivity contribution is 9.09. The molecule has 1 unspecified atom stereocenters. The van der Waals surface area contributed by atoms with Crippen LogP contribution in [-0.4, -0.2) is 23.3 Å². The van der Waals surface area contributed by atoms with Crippen molar-refractivity contribution in [2.45, 2.75) is 25.8 Å². The zero-order valence-corrected chi connectivity index (χ0v) is 11.9. The molecule has 1 aliphatic rings. The van der Waals surface area contributed by atoms with E-state index in [-0.39, 0.29) is 0 Å². The van der Waals surface area contributed by atoms with E-state index in [0.29, 0.717) is 18.0 Å². The zero-order valence-electron chi connectivity index (χ0n) is 10.3. The summed E-state index contributed by atoms with van der Waals surface area (Å²) < 4.78 is 26.7. The molecule has 1 heterocycles. The van der Waals surface area contributed by atoms with Crippen molar-refractivity contribution in [2.75, 3.05) is 18.4 Å². The standard InChI is InChI=1S/C14H18BrF2N/c15-7-6-11-3-2-8-18(9-11)10-12-4-1-5-13(16)14(12)17/h1,4-5,11H,2-3,6-10H2. The first-order chi connectivity index (χ1) is 8.70. The third-order valence-corrected chi connectivity index (χ3v) is 4.00. The lowest BCUT2D eigenvalue weighted by atomic mass is 9.95. The van der Waals surface area contributed by atoms with Gasteiger partial charge in [-0.05, 0) is 37.8 Å². The van der Waals surface area contributed by atoms with Gasteiger partial charge in [-0.2, -0.15) is 0 Å². The molecule has 1 aliphatic heterocycles. The van der Waals surface area contributed by atoms with Crippen molar-refractivity contribution >= 4 is 15.9 Å². The summed E-state index contributed by atoms with van der Waals surface area (Å²) in [5.74, 6) is -0.767. The monoisotopic (exact) mass is 317 g/mol. The smallest absolute Gasteiger partial charge is 0.163 e. The number of hydrogen-bond acceptors (Lipinski definition) is 1. The van der Waals surface area contributed by atoms with Crippen LogP contribution in [0.2, 0.25) is 0 Å². The van der Waals surface area contributed by atoms with Crippen molar-refractivity contribution < 1.29 is 8.78 Å². The summed E-state index contributed by atoms with van der Waals surface area (Å²) >= 11 is 3.46. The highest BCUT2D eigenvalue weighted by Crippen LogP contribution is 2.23. The highest BCUT2D eigenvalue weighted by atomic mass is 79.9. The summed E-state index contributed by atoms with van der Waals surface area (Å²) in [5.41, 5.74) is 0.467. The molecule has 0 saturated carbocycles. The molecule has 2 rings (SSSR count). The van der Waals surface area contributed by atoms with Gasteiger partial charge in [0.25, 0.3) is 0 Å². The van der Waals surface area contributed by atoms with Crippen LogP contribution >= 0.6 is 15.9 Å². The Balaban J connectivity index is 1.98. The Morgan fingerprint density at radius 1 is 1.33 bits per heavy atom. The molecule has 1 atom stereocenters. The fraction of sp³-hybridized carbons (Fsp3) is 0.571. The second-order valence-electron chi connectivity index (χ2n) is 4.93. The van der Waals surface area contributed by atoms with Crippen LogP contribution in [0.15, 0.2) is 18.2 Å². The van der Waals surface area contributed by atoms with E-state index in [4.69, 9.17) is 0 Å². The Morgan fingerprint density at radius 2 is 2.17 bits per heavy atom. The van der Waals surface area contributed by atoms with Crippen LogP contribution in [0, 0.1) is 17.6 Å². The molecule has 100 valence electrons. The Hall–Kier alpha value is -0.480. The van der Waals surface area contributed by atoms with Gasteiger partial charge in [0.2, 0.25) is 0 Å². The number of piperidine rings is 1. The average Bonchev–Trinajstić information content (AvgIpc) is 2.36. The quantitative estimate of drug-likeness (QED) is 0.760. The van der Waals surface area contributed by atoms with Crippen molar-refractivity contribution in [3.63, 3.8) is 0 Å². The first-order valence-corrected chi connectivity index (χ1v) is 7.54. The van der Waals surface area contributed by atoms with Gasteiger partial charge in [0, 0.05) is 24.0 Å². The number of hydrogen-bond donors (Lipinski definition) is 0. The normalized spacial score (nSPS) is 21.2. The molecule has 18 heavy (non-hydrogen) atoms. The van der Waals surface area contributed by atoms with Crippen LogP contribution in [0.4, 0.5) is 8.78 Å². The number of alkyl halides is 1. The van der Waals surface area contributed by atoms with Crippen LogP contribution < -0.4 is 0 Å². The summed E-state index contributed by atoms with van der Waals surface area (Å²) in [6.07, 6.45) is 3.55. The van der Waals surface area contributed by atoms with E-state index >= 15 is 0 Å². The number of likely N-dealkylation sites (tertiary alicyclic amines) is 1. The predicted octanol–water partition coefficient (Wildman–Crippen LogP) is 3.96. The predicted molar refractivity (Wildman–Crippen MR) is 72.8 cm³/mol. The molecular formula is C14H18BrF2N. The van der Waals surface area contributed by atoms with Gasteiger partial charge in [0.15, 0.2) is 11.6 Å². The van der Waals surface area contributed by atoms with Crippen molar-refractivity contribution in [3.05, 3.63) is 35.4 Å². The van der Waals surface area contributed by atoms with Gasteiger partial charge >= 0.3 is 0 Å². The molecule has 1 aromatic rings. The fourth-order valence-electron chi connectivity index (χ4n) is 2.60. The van der Waals surface area contributed by atoms with Gasteiger partial charge in [0.05, 0.1) is 0 Å². The largest absolute Gasteiger partial charge is 0.299 e. The first-order valence-electron chi connectivity index (χ1n) is 6.42. The minimum Gasteiger partial charge on any atom is -0.299 e. The summed E-state index contributed by atoms with van der Waals surface area (Å²) in [6.45, 7) is 2.48. The summed E-state index contributed by atoms with van der Waals surface area (Å²) in [4.78, 5) is 2.23. The van der Waals surface area contributed by atoms with Crippen molar-refractivity contribution in [1.82, 2.24) is 4.90 Å². The lowest BCUT2D eigenvalue weighted by Crippen LogP contribution is -2.35. The van der Waals surface area contributed by atoms with Crippen LogP contribution in [0.5, 0.6) is 0 Å². The molecule has 1 fully saturated rings. The van der Waals surface area contributed by atoms with Gasteiger partial charge in [-0.3, -0.25) is 4.90 Å². The maximum atomic E-state index is 13.6. The molecule has 0 spiro atoms. The molecule has 1 nitrogen and oxygen atoms in total. The second kappa shape index (κ2) is 6.62. The molecule has 0 N–H and O–H groups in total. The van der Waals surface area contributed by atoms with Gasteiger partial charge in [0.1, 0.15) is 0 Å². The van der Waals surface area contributed by atoms with E-state index < -0.39 is 11.6 Å². The Kier molecular flexibility index (Phi) is 5.13. The van der Waals surface area contributed by atoms with Crippen molar-refractivity contribution in [3.8, 4) is 0 Å². The Morgan fingerprint density at radius 3 is 2.94 bits per heavy atom. The molecule has 0 amide bonds.